The SMILES string of the molecule is C=C(OC(C)(C)C)N1CCC(Cc2cc(C)c3c(c2)CN(Cc2ccc(OC(F)(F)F)cc2)C3=O)CC1. The van der Waals surface area contributed by atoms with Gasteiger partial charge >= 0.3 is 6.36 Å². The second-order valence-corrected chi connectivity index (χ2v) is 11.0. The zero-order valence-corrected chi connectivity index (χ0v) is 22.0. The highest BCUT2D eigenvalue weighted by atomic mass is 19.4. The van der Waals surface area contributed by atoms with Gasteiger partial charge in [0.2, 0.25) is 0 Å². The van der Waals surface area contributed by atoms with Gasteiger partial charge in [-0.3, -0.25) is 4.79 Å². The van der Waals surface area contributed by atoms with Gasteiger partial charge < -0.3 is 19.3 Å². The van der Waals surface area contributed by atoms with Crippen molar-refractivity contribution in [2.24, 2.45) is 5.92 Å². The van der Waals surface area contributed by atoms with Crippen LogP contribution in [0.2, 0.25) is 0 Å². The Balaban J connectivity index is 1.35. The van der Waals surface area contributed by atoms with E-state index in [1.165, 1.54) is 17.7 Å². The van der Waals surface area contributed by atoms with Crippen LogP contribution in [0.25, 0.3) is 0 Å². The van der Waals surface area contributed by atoms with E-state index in [9.17, 15) is 18.0 Å². The van der Waals surface area contributed by atoms with Gasteiger partial charge in [-0.2, -0.15) is 0 Å². The Kier molecular flexibility index (Phi) is 7.49. The number of hydrogen-bond acceptors (Lipinski definition) is 4. The minimum atomic E-state index is -4.73. The predicted molar refractivity (Wildman–Crippen MR) is 136 cm³/mol. The van der Waals surface area contributed by atoms with E-state index in [0.717, 1.165) is 60.5 Å². The number of nitrogens with zero attached hydrogens (tertiary/aromatic N) is 2. The van der Waals surface area contributed by atoms with Crippen LogP contribution in [0.4, 0.5) is 13.2 Å². The molecule has 0 aliphatic carbocycles. The summed E-state index contributed by atoms with van der Waals surface area (Å²) < 4.78 is 47.1. The summed E-state index contributed by atoms with van der Waals surface area (Å²) >= 11 is 0. The third-order valence-corrected chi connectivity index (χ3v) is 6.79. The fraction of sp³-hybridized carbons (Fsp3) is 0.483. The smallest absolute Gasteiger partial charge is 0.474 e. The molecule has 0 spiro atoms. The lowest BCUT2D eigenvalue weighted by Gasteiger charge is -2.36. The summed E-state index contributed by atoms with van der Waals surface area (Å²) in [5.74, 6) is 0.979. The van der Waals surface area contributed by atoms with E-state index in [4.69, 9.17) is 4.74 Å². The molecule has 1 amide bonds. The van der Waals surface area contributed by atoms with Crippen LogP contribution in [0.1, 0.15) is 66.2 Å². The van der Waals surface area contributed by atoms with Crippen molar-refractivity contribution in [3.8, 4) is 5.75 Å². The van der Waals surface area contributed by atoms with Gasteiger partial charge in [0.25, 0.3) is 5.91 Å². The van der Waals surface area contributed by atoms with Crippen molar-refractivity contribution in [1.29, 1.82) is 0 Å². The summed E-state index contributed by atoms with van der Waals surface area (Å²) in [6.07, 6.45) is -1.65. The van der Waals surface area contributed by atoms with E-state index < -0.39 is 6.36 Å². The van der Waals surface area contributed by atoms with Crippen LogP contribution in [0.3, 0.4) is 0 Å². The Morgan fingerprint density at radius 3 is 2.30 bits per heavy atom. The first kappa shape index (κ1) is 26.9. The van der Waals surface area contributed by atoms with E-state index in [0.29, 0.717) is 19.0 Å². The van der Waals surface area contributed by atoms with Crippen LogP contribution in [-0.4, -0.2) is 40.8 Å². The van der Waals surface area contributed by atoms with Crippen molar-refractivity contribution in [1.82, 2.24) is 9.80 Å². The summed E-state index contributed by atoms with van der Waals surface area (Å²) in [6.45, 7) is 14.8. The minimum absolute atomic E-state index is 0.0414. The summed E-state index contributed by atoms with van der Waals surface area (Å²) in [5.41, 5.74) is 4.46. The van der Waals surface area contributed by atoms with E-state index in [1.807, 2.05) is 27.7 Å². The van der Waals surface area contributed by atoms with Crippen molar-refractivity contribution in [2.75, 3.05) is 13.1 Å². The average molecular weight is 517 g/mol. The fourth-order valence-electron chi connectivity index (χ4n) is 5.21. The number of carbonyl (C=O) groups is 1. The molecule has 5 nitrogen and oxygen atoms in total. The number of benzene rings is 2. The maximum absolute atomic E-state index is 13.1. The highest BCUT2D eigenvalue weighted by molar-refractivity contribution is 5.99. The average Bonchev–Trinajstić information content (AvgIpc) is 3.09. The highest BCUT2D eigenvalue weighted by Gasteiger charge is 2.32. The zero-order chi connectivity index (χ0) is 27.0. The third-order valence-electron chi connectivity index (χ3n) is 6.79. The first-order chi connectivity index (χ1) is 17.3. The summed E-state index contributed by atoms with van der Waals surface area (Å²) in [4.78, 5) is 17.1. The fourth-order valence-corrected chi connectivity index (χ4v) is 5.21. The Morgan fingerprint density at radius 1 is 1.05 bits per heavy atom. The van der Waals surface area contributed by atoms with Crippen LogP contribution < -0.4 is 4.74 Å². The number of fused-ring (bicyclic) bond motifs is 1. The van der Waals surface area contributed by atoms with Crippen LogP contribution >= 0.6 is 0 Å². The Labute approximate surface area is 216 Å². The minimum Gasteiger partial charge on any atom is -0.474 e. The molecule has 4 rings (SSSR count). The first-order valence-electron chi connectivity index (χ1n) is 12.7. The quantitative estimate of drug-likeness (QED) is 0.390. The predicted octanol–water partition coefficient (Wildman–Crippen LogP) is 6.59. The molecule has 0 radical (unpaired) electrons. The Hall–Kier alpha value is -3.16. The molecule has 0 N–H and O–H groups in total. The number of halogens is 3. The molecule has 0 atom stereocenters. The molecule has 37 heavy (non-hydrogen) atoms. The number of alkyl halides is 3. The van der Waals surface area contributed by atoms with Gasteiger partial charge in [0, 0.05) is 31.7 Å². The first-order valence-corrected chi connectivity index (χ1v) is 12.7. The van der Waals surface area contributed by atoms with Crippen LogP contribution in [0, 0.1) is 12.8 Å². The van der Waals surface area contributed by atoms with Crippen molar-refractivity contribution in [3.63, 3.8) is 0 Å². The van der Waals surface area contributed by atoms with Gasteiger partial charge in [-0.25, -0.2) is 0 Å². The van der Waals surface area contributed by atoms with Crippen LogP contribution in [-0.2, 0) is 24.2 Å². The number of amides is 1. The molecule has 2 aliphatic rings. The normalized spacial score (nSPS) is 16.7. The van der Waals surface area contributed by atoms with Gasteiger partial charge in [0.1, 0.15) is 11.4 Å². The number of hydrogen-bond donors (Lipinski definition) is 0. The second-order valence-electron chi connectivity index (χ2n) is 11.0. The zero-order valence-electron chi connectivity index (χ0n) is 22.0. The second kappa shape index (κ2) is 10.3. The molecule has 1 saturated heterocycles. The number of ether oxygens (including phenoxy) is 2. The molecule has 0 unspecified atom stereocenters. The van der Waals surface area contributed by atoms with Gasteiger partial charge in [0.05, 0.1) is 0 Å². The molecule has 2 aromatic rings. The molecular formula is C29H35F3N2O3. The summed E-state index contributed by atoms with van der Waals surface area (Å²) in [7, 11) is 0. The number of aryl methyl sites for hydroxylation is 1. The Bertz CT molecular complexity index is 1140. The van der Waals surface area contributed by atoms with Gasteiger partial charge in [-0.15, -0.1) is 13.2 Å². The molecule has 1 fully saturated rings. The molecule has 2 aliphatic heterocycles. The lowest BCUT2D eigenvalue weighted by molar-refractivity contribution is -0.274. The molecule has 8 heteroatoms. The Morgan fingerprint density at radius 2 is 1.70 bits per heavy atom. The van der Waals surface area contributed by atoms with E-state index >= 15 is 0 Å². The lowest BCUT2D eigenvalue weighted by atomic mass is 9.88. The monoisotopic (exact) mass is 516 g/mol. The standard InChI is InChI=1S/C29H35F3N2O3/c1-19-14-23(15-21-10-12-33(13-11-21)20(2)36-28(3,4)5)16-24-18-34(27(35)26(19)24)17-22-6-8-25(9-7-22)37-29(30,31)32/h6-9,14,16,21H,2,10-13,15,17-18H2,1,3-5H3. The van der Waals surface area contributed by atoms with Gasteiger partial charge in [-0.05, 0) is 93.8 Å². The topological polar surface area (TPSA) is 42.0 Å². The van der Waals surface area contributed by atoms with Crippen LogP contribution in [0.15, 0.2) is 48.9 Å². The number of piperidine rings is 1. The van der Waals surface area contributed by atoms with Gasteiger partial charge in [-0.1, -0.05) is 24.3 Å². The number of likely N-dealkylation sites (tertiary alicyclic amines) is 1. The van der Waals surface area contributed by atoms with Crippen molar-refractivity contribution < 1.29 is 27.4 Å². The van der Waals surface area contributed by atoms with Crippen molar-refractivity contribution >= 4 is 5.91 Å². The number of rotatable bonds is 7. The lowest BCUT2D eigenvalue weighted by Crippen LogP contribution is -2.36. The summed E-state index contributed by atoms with van der Waals surface area (Å²) in [5, 5.41) is 0. The molecule has 0 bridgehead atoms. The van der Waals surface area contributed by atoms with E-state index in [-0.39, 0.29) is 17.3 Å². The molecule has 0 saturated carbocycles. The molecular weight excluding hydrogens is 481 g/mol. The van der Waals surface area contributed by atoms with E-state index in [1.54, 1.807) is 17.0 Å². The van der Waals surface area contributed by atoms with Crippen molar-refractivity contribution in [2.45, 2.75) is 72.0 Å². The van der Waals surface area contributed by atoms with Crippen LogP contribution in [0.5, 0.6) is 5.75 Å². The van der Waals surface area contributed by atoms with Gasteiger partial charge in [0.15, 0.2) is 5.88 Å². The maximum atomic E-state index is 13.1. The molecule has 2 aromatic carbocycles. The summed E-state index contributed by atoms with van der Waals surface area (Å²) in [6, 6.07) is 9.93. The number of carbonyl (C=O) groups excluding carboxylic acids is 1. The van der Waals surface area contributed by atoms with E-state index in [2.05, 4.69) is 28.3 Å². The maximum Gasteiger partial charge on any atom is 0.573 e. The third kappa shape index (κ3) is 6.99. The largest absolute Gasteiger partial charge is 0.573 e. The molecule has 0 aromatic heterocycles. The molecule has 2 heterocycles. The highest BCUT2D eigenvalue weighted by Crippen LogP contribution is 2.32. The van der Waals surface area contributed by atoms with Crippen molar-refractivity contribution in [3.05, 3.63) is 76.7 Å². The molecule has 200 valence electrons.